The molecule has 20 heavy (non-hydrogen) atoms. The van der Waals surface area contributed by atoms with Crippen LogP contribution in [0.4, 0.5) is 15.8 Å². The first-order valence-corrected chi connectivity index (χ1v) is 6.03. The van der Waals surface area contributed by atoms with E-state index in [4.69, 9.17) is 0 Å². The Morgan fingerprint density at radius 3 is 2.35 bits per heavy atom. The molecule has 7 nitrogen and oxygen atoms in total. The first-order valence-electron chi connectivity index (χ1n) is 6.03. The van der Waals surface area contributed by atoms with Crippen molar-refractivity contribution in [2.45, 2.75) is 12.8 Å². The fourth-order valence-electron chi connectivity index (χ4n) is 2.08. The van der Waals surface area contributed by atoms with Gasteiger partial charge < -0.3 is 4.90 Å². The summed E-state index contributed by atoms with van der Waals surface area (Å²) in [6.07, 6.45) is 4.93. The third-order valence-electron chi connectivity index (χ3n) is 3.09. The van der Waals surface area contributed by atoms with E-state index in [1.807, 2.05) is 4.90 Å². The van der Waals surface area contributed by atoms with Crippen molar-refractivity contribution in [1.29, 1.82) is 0 Å². The Kier molecular flexibility index (Phi) is 3.92. The van der Waals surface area contributed by atoms with Crippen molar-refractivity contribution in [3.05, 3.63) is 49.9 Å². The van der Waals surface area contributed by atoms with Crippen LogP contribution in [0.2, 0.25) is 0 Å². The summed E-state index contributed by atoms with van der Waals surface area (Å²) in [5, 5.41) is 21.5. The van der Waals surface area contributed by atoms with Crippen molar-refractivity contribution in [3.8, 4) is 0 Å². The number of benzene rings is 1. The first kappa shape index (κ1) is 13.9. The fraction of sp³-hybridized carbons (Fsp3) is 0.333. The summed E-state index contributed by atoms with van der Waals surface area (Å²) in [7, 11) is 0. The van der Waals surface area contributed by atoms with E-state index in [1.165, 1.54) is 6.08 Å². The van der Waals surface area contributed by atoms with Crippen LogP contribution in [0.3, 0.4) is 0 Å². The summed E-state index contributed by atoms with van der Waals surface area (Å²) in [4.78, 5) is 21.8. The summed E-state index contributed by atoms with van der Waals surface area (Å²) in [6, 6.07) is 1.46. The summed E-state index contributed by atoms with van der Waals surface area (Å²) < 4.78 is 13.8. The van der Waals surface area contributed by atoms with Crippen LogP contribution >= 0.6 is 0 Å². The van der Waals surface area contributed by atoms with Crippen LogP contribution < -0.4 is 0 Å². The lowest BCUT2D eigenvalue weighted by atomic mass is 10.1. The standard InChI is InChI=1S/C12H12FN3O4/c13-11-7-9(15(17)18)8-12(16(19)20)10(11)3-6-14-4-1-2-5-14/h3,6-8H,1-2,4-5H2/b6-3+. The van der Waals surface area contributed by atoms with Crippen molar-refractivity contribution in [2.24, 2.45) is 0 Å². The number of non-ortho nitro benzene ring substituents is 1. The van der Waals surface area contributed by atoms with Gasteiger partial charge in [0.05, 0.1) is 27.5 Å². The van der Waals surface area contributed by atoms with Crippen LogP contribution in [0.5, 0.6) is 0 Å². The topological polar surface area (TPSA) is 89.5 Å². The predicted octanol–water partition coefficient (Wildman–Crippen LogP) is 2.71. The first-order chi connectivity index (χ1) is 9.49. The van der Waals surface area contributed by atoms with E-state index < -0.39 is 27.0 Å². The minimum Gasteiger partial charge on any atom is -0.377 e. The van der Waals surface area contributed by atoms with Gasteiger partial charge in [-0.25, -0.2) is 4.39 Å². The predicted molar refractivity (Wildman–Crippen MR) is 69.5 cm³/mol. The van der Waals surface area contributed by atoms with E-state index in [1.54, 1.807) is 6.20 Å². The molecule has 1 aromatic rings. The van der Waals surface area contributed by atoms with Gasteiger partial charge in [-0.15, -0.1) is 0 Å². The van der Waals surface area contributed by atoms with Gasteiger partial charge in [0.1, 0.15) is 5.82 Å². The second-order valence-corrected chi connectivity index (χ2v) is 4.43. The lowest BCUT2D eigenvalue weighted by Gasteiger charge is -2.10. The molecule has 0 aromatic heterocycles. The van der Waals surface area contributed by atoms with Gasteiger partial charge in [0.2, 0.25) is 0 Å². The average Bonchev–Trinajstić information content (AvgIpc) is 2.89. The largest absolute Gasteiger partial charge is 0.377 e. The van der Waals surface area contributed by atoms with E-state index in [0.717, 1.165) is 32.0 Å². The summed E-state index contributed by atoms with van der Waals surface area (Å²) in [5.74, 6) is -0.971. The van der Waals surface area contributed by atoms with Gasteiger partial charge in [0, 0.05) is 13.1 Å². The summed E-state index contributed by atoms with van der Waals surface area (Å²) in [6.45, 7) is 1.64. The van der Waals surface area contributed by atoms with Gasteiger partial charge in [-0.05, 0) is 25.1 Å². The SMILES string of the molecule is O=[N+]([O-])c1cc(F)c(/C=C/N2CCCC2)c([N+](=O)[O-])c1. The molecule has 8 heteroatoms. The van der Waals surface area contributed by atoms with Crippen LogP contribution in [0.1, 0.15) is 18.4 Å². The highest BCUT2D eigenvalue weighted by molar-refractivity contribution is 5.64. The zero-order valence-corrected chi connectivity index (χ0v) is 10.5. The Labute approximate surface area is 113 Å². The van der Waals surface area contributed by atoms with E-state index in [0.29, 0.717) is 6.07 Å². The molecule has 0 amide bonds. The molecule has 0 radical (unpaired) electrons. The molecule has 106 valence electrons. The summed E-state index contributed by atoms with van der Waals surface area (Å²) >= 11 is 0. The maximum atomic E-state index is 13.8. The van der Waals surface area contributed by atoms with Crippen molar-refractivity contribution in [1.82, 2.24) is 4.90 Å². The molecule has 0 unspecified atom stereocenters. The number of nitro groups is 2. The number of hydrogen-bond donors (Lipinski definition) is 0. The molecule has 0 aliphatic carbocycles. The number of hydrogen-bond acceptors (Lipinski definition) is 5. The van der Waals surface area contributed by atoms with E-state index >= 15 is 0 Å². The Bertz CT molecular complexity index is 582. The highest BCUT2D eigenvalue weighted by Crippen LogP contribution is 2.29. The second kappa shape index (κ2) is 5.64. The quantitative estimate of drug-likeness (QED) is 0.625. The molecule has 0 N–H and O–H groups in total. The minimum atomic E-state index is -0.971. The molecule has 1 aliphatic rings. The van der Waals surface area contributed by atoms with Crippen molar-refractivity contribution < 1.29 is 14.2 Å². The molecular weight excluding hydrogens is 269 g/mol. The highest BCUT2D eigenvalue weighted by Gasteiger charge is 2.23. The number of nitrogens with zero attached hydrogens (tertiary/aromatic N) is 3. The maximum absolute atomic E-state index is 13.8. The van der Waals surface area contributed by atoms with Gasteiger partial charge in [0.25, 0.3) is 11.4 Å². The molecule has 0 spiro atoms. The van der Waals surface area contributed by atoms with Gasteiger partial charge in [-0.2, -0.15) is 0 Å². The molecule has 0 saturated carbocycles. The number of rotatable bonds is 4. The fourth-order valence-corrected chi connectivity index (χ4v) is 2.08. The van der Waals surface area contributed by atoms with Gasteiger partial charge >= 0.3 is 0 Å². The minimum absolute atomic E-state index is 0.243. The number of halogens is 1. The molecule has 1 aromatic carbocycles. The van der Waals surface area contributed by atoms with Crippen molar-refractivity contribution in [3.63, 3.8) is 0 Å². The lowest BCUT2D eigenvalue weighted by Crippen LogP contribution is -2.10. The molecule has 1 heterocycles. The molecule has 1 fully saturated rings. The molecular formula is C12H12FN3O4. The maximum Gasteiger partial charge on any atom is 0.286 e. The van der Waals surface area contributed by atoms with E-state index in [2.05, 4.69) is 0 Å². The smallest absolute Gasteiger partial charge is 0.286 e. The van der Waals surface area contributed by atoms with Gasteiger partial charge in [-0.3, -0.25) is 20.2 Å². The van der Waals surface area contributed by atoms with Gasteiger partial charge in [-0.1, -0.05) is 0 Å². The van der Waals surface area contributed by atoms with Gasteiger partial charge in [0.15, 0.2) is 0 Å². The van der Waals surface area contributed by atoms with Crippen LogP contribution in [-0.4, -0.2) is 27.8 Å². The summed E-state index contributed by atoms with van der Waals surface area (Å²) in [5.41, 5.74) is -1.48. The average molecular weight is 281 g/mol. The third-order valence-corrected chi connectivity index (χ3v) is 3.09. The zero-order chi connectivity index (χ0) is 14.7. The molecule has 0 atom stereocenters. The van der Waals surface area contributed by atoms with Crippen LogP contribution in [0, 0.1) is 26.0 Å². The molecule has 1 aliphatic heterocycles. The van der Waals surface area contributed by atoms with E-state index in [-0.39, 0.29) is 5.56 Å². The van der Waals surface area contributed by atoms with Crippen LogP contribution in [0.25, 0.3) is 6.08 Å². The number of likely N-dealkylation sites (tertiary alicyclic amines) is 1. The zero-order valence-electron chi connectivity index (χ0n) is 10.5. The van der Waals surface area contributed by atoms with Crippen molar-refractivity contribution >= 4 is 17.5 Å². The van der Waals surface area contributed by atoms with Crippen LogP contribution in [-0.2, 0) is 0 Å². The third kappa shape index (κ3) is 2.90. The second-order valence-electron chi connectivity index (χ2n) is 4.43. The monoisotopic (exact) mass is 281 g/mol. The molecule has 0 bridgehead atoms. The Balaban J connectivity index is 2.40. The van der Waals surface area contributed by atoms with Crippen molar-refractivity contribution in [2.75, 3.05) is 13.1 Å². The van der Waals surface area contributed by atoms with E-state index in [9.17, 15) is 24.6 Å². The Hall–Kier alpha value is -2.51. The molecule has 2 rings (SSSR count). The lowest BCUT2D eigenvalue weighted by molar-refractivity contribution is -0.394. The Morgan fingerprint density at radius 2 is 1.80 bits per heavy atom. The highest BCUT2D eigenvalue weighted by atomic mass is 19.1. The Morgan fingerprint density at radius 1 is 1.15 bits per heavy atom. The molecule has 1 saturated heterocycles. The van der Waals surface area contributed by atoms with Crippen LogP contribution in [0.15, 0.2) is 18.3 Å². The normalized spacial score (nSPS) is 14.9. The number of nitro benzene ring substituents is 2.